The van der Waals surface area contributed by atoms with E-state index in [1.807, 2.05) is 0 Å². The minimum Gasteiger partial charge on any atom is -0.734 e. The van der Waals surface area contributed by atoms with Gasteiger partial charge in [0, 0.05) is 34.4 Å². The van der Waals surface area contributed by atoms with Crippen molar-refractivity contribution in [2.24, 2.45) is 0 Å². The van der Waals surface area contributed by atoms with Crippen LogP contribution in [0.5, 0.6) is 0 Å². The van der Waals surface area contributed by atoms with Crippen LogP contribution in [0.15, 0.2) is 0 Å². The molecule has 6 heavy (non-hydrogen) atoms. The number of hydrogen-bond donors (Lipinski definition) is 0. The topological polar surface area (TPSA) is 55.3 Å². The Labute approximate surface area is 67.0 Å². The largest absolute Gasteiger partial charge is 2.00 e. The van der Waals surface area contributed by atoms with E-state index in [-0.39, 0.29) is 51.5 Å². The van der Waals surface area contributed by atoms with Crippen LogP contribution in [0.3, 0.4) is 0 Å². The van der Waals surface area contributed by atoms with Crippen LogP contribution in [0.1, 0.15) is 0 Å². The zero-order valence-corrected chi connectivity index (χ0v) is 5.97. The molecule has 0 aliphatic rings. The molecule has 0 aromatic rings. The van der Waals surface area contributed by atoms with Crippen LogP contribution >= 0.6 is 0 Å². The minimum absolute atomic E-state index is 0. The van der Waals surface area contributed by atoms with Crippen molar-refractivity contribution in [1.82, 2.24) is 0 Å². The summed E-state index contributed by atoms with van der Waals surface area (Å²) >= 11 is 0. The maximum Gasteiger partial charge on any atom is 2.00 e. The Hall–Kier alpha value is 1.45. The Morgan fingerprint density at radius 1 is 1.17 bits per heavy atom. The Balaban J connectivity index is -0.00000000667. The fourth-order valence-electron chi connectivity index (χ4n) is 0. The molecule has 36 valence electrons. The van der Waals surface area contributed by atoms with E-state index in [4.69, 9.17) is 10.5 Å². The fourth-order valence-corrected chi connectivity index (χ4v) is 0. The molecular formula is AlFeMnO3. The summed E-state index contributed by atoms with van der Waals surface area (Å²) in [5.41, 5.74) is 0. The van der Waals surface area contributed by atoms with Crippen molar-refractivity contribution in [2.45, 2.75) is 0 Å². The first-order valence-corrected chi connectivity index (χ1v) is 0.333. The van der Waals surface area contributed by atoms with Crippen LogP contribution in [0, 0.1) is 0 Å². The second kappa shape index (κ2) is 31.9. The van der Waals surface area contributed by atoms with Crippen LogP contribution in [-0.2, 0) is 39.2 Å². The first-order chi connectivity index (χ1) is 1.41. The summed E-state index contributed by atoms with van der Waals surface area (Å²) in [6.45, 7) is 0. The average Bonchev–Trinajstić information content (AvgIpc) is 0.918. The van der Waals surface area contributed by atoms with Gasteiger partial charge in [0.25, 0.3) is 0 Å². The van der Waals surface area contributed by atoms with E-state index < -0.39 is 0 Å². The van der Waals surface area contributed by atoms with Crippen molar-refractivity contribution in [3.63, 3.8) is 0 Å². The Morgan fingerprint density at radius 3 is 1.17 bits per heavy atom. The maximum atomic E-state index is 7.88. The van der Waals surface area contributed by atoms with E-state index in [0.717, 1.165) is 0 Å². The average molecular weight is 186 g/mol. The molecule has 0 aromatic carbocycles. The molecule has 0 aromatic heterocycles. The summed E-state index contributed by atoms with van der Waals surface area (Å²) in [6, 6.07) is 0. The zero-order chi connectivity index (χ0) is 2.71. The molecule has 0 heterocycles. The van der Waals surface area contributed by atoms with Gasteiger partial charge in [-0.1, -0.05) is 0 Å². The van der Waals surface area contributed by atoms with Crippen molar-refractivity contribution in [3.8, 4) is 0 Å². The van der Waals surface area contributed by atoms with Gasteiger partial charge < -0.3 is 15.6 Å². The molecule has 0 saturated carbocycles. The monoisotopic (exact) mass is 186 g/mol. The number of rotatable bonds is 0. The molecular weight excluding hydrogens is 186 g/mol. The minimum atomic E-state index is 0. The fraction of sp³-hybridized carbons (Fsp3) is 0. The van der Waals surface area contributed by atoms with Crippen LogP contribution in [-0.4, -0.2) is 17.4 Å². The molecule has 0 atom stereocenters. The van der Waals surface area contributed by atoms with Crippen LogP contribution < -0.4 is 10.5 Å². The Morgan fingerprint density at radius 2 is 1.17 bits per heavy atom. The summed E-state index contributed by atoms with van der Waals surface area (Å²) in [5.74, 6) is 0. The van der Waals surface area contributed by atoms with Gasteiger partial charge in [-0.25, -0.2) is 0 Å². The van der Waals surface area contributed by atoms with Gasteiger partial charge in [-0.2, -0.15) is 0 Å². The molecule has 0 amide bonds. The Kier molecular flexibility index (Phi) is 138. The second-order valence-corrected chi connectivity index (χ2v) is 0.0680. The third-order valence-corrected chi connectivity index (χ3v) is 0. The molecule has 6 heteroatoms. The SMILES string of the molecule is [Al].[Fe].[Mn+2].[O-]O[O-]. The van der Waals surface area contributed by atoms with Gasteiger partial charge in [-0.15, -0.1) is 0 Å². The van der Waals surface area contributed by atoms with Gasteiger partial charge in [0.15, 0.2) is 0 Å². The van der Waals surface area contributed by atoms with Crippen molar-refractivity contribution < 1.29 is 49.7 Å². The maximum absolute atomic E-state index is 7.88. The van der Waals surface area contributed by atoms with Gasteiger partial charge in [-0.05, 0) is 0 Å². The van der Waals surface area contributed by atoms with Gasteiger partial charge in [0.05, 0.1) is 0 Å². The van der Waals surface area contributed by atoms with E-state index >= 15 is 0 Å². The van der Waals surface area contributed by atoms with E-state index in [2.05, 4.69) is 0 Å². The second-order valence-electron chi connectivity index (χ2n) is 0.0680. The molecule has 0 unspecified atom stereocenters. The molecule has 0 saturated heterocycles. The molecule has 0 spiro atoms. The number of hydrogen-bond acceptors (Lipinski definition) is 3. The predicted octanol–water partition coefficient (Wildman–Crippen LogP) is -2.83. The standard InChI is InChI=1S/Al.Fe.Mn.H2O3/c;;;1-3-2/h;;;1-2H/q;;+2;/p-2. The van der Waals surface area contributed by atoms with Crippen LogP contribution in [0.2, 0.25) is 0 Å². The molecule has 3 nitrogen and oxygen atoms in total. The molecule has 0 aliphatic heterocycles. The Bertz CT molecular complexity index is 10.8. The summed E-state index contributed by atoms with van der Waals surface area (Å²) in [6.07, 6.45) is 0. The van der Waals surface area contributed by atoms with Crippen molar-refractivity contribution in [3.05, 3.63) is 0 Å². The molecule has 0 bridgehead atoms. The first-order valence-electron chi connectivity index (χ1n) is 0.333. The predicted molar refractivity (Wildman–Crippen MR) is 6.84 cm³/mol. The van der Waals surface area contributed by atoms with E-state index in [1.54, 1.807) is 5.04 Å². The normalized spacial score (nSPS) is 3.00. The zero-order valence-electron chi connectivity index (χ0n) is 2.53. The van der Waals surface area contributed by atoms with Crippen LogP contribution in [0.25, 0.3) is 0 Å². The smallest absolute Gasteiger partial charge is 0.734 e. The summed E-state index contributed by atoms with van der Waals surface area (Å²) in [5, 5.41) is 17.5. The molecule has 0 rings (SSSR count). The van der Waals surface area contributed by atoms with Crippen LogP contribution in [0.4, 0.5) is 0 Å². The third-order valence-electron chi connectivity index (χ3n) is 0. The molecule has 0 aliphatic carbocycles. The molecule has 0 fully saturated rings. The summed E-state index contributed by atoms with van der Waals surface area (Å²) in [4.78, 5) is 0. The van der Waals surface area contributed by atoms with Gasteiger partial charge in [0.1, 0.15) is 0 Å². The quantitative estimate of drug-likeness (QED) is 0.232. The molecule has 0 N–H and O–H groups in total. The third kappa shape index (κ3) is 51.3. The van der Waals surface area contributed by atoms with Crippen molar-refractivity contribution in [1.29, 1.82) is 0 Å². The van der Waals surface area contributed by atoms with E-state index in [9.17, 15) is 0 Å². The first kappa shape index (κ1) is 26.0. The summed E-state index contributed by atoms with van der Waals surface area (Å²) in [7, 11) is 0. The van der Waals surface area contributed by atoms with E-state index in [1.165, 1.54) is 0 Å². The van der Waals surface area contributed by atoms with Gasteiger partial charge in [-0.3, -0.25) is 0 Å². The molecule has 4 radical (unpaired) electrons. The van der Waals surface area contributed by atoms with Gasteiger partial charge >= 0.3 is 17.1 Å². The van der Waals surface area contributed by atoms with E-state index in [0.29, 0.717) is 0 Å². The van der Waals surface area contributed by atoms with Crippen molar-refractivity contribution in [2.75, 3.05) is 0 Å². The van der Waals surface area contributed by atoms with Gasteiger partial charge in [0.2, 0.25) is 0 Å². The summed E-state index contributed by atoms with van der Waals surface area (Å²) < 4.78 is 0. The van der Waals surface area contributed by atoms with Crippen molar-refractivity contribution >= 4 is 17.4 Å².